The van der Waals surface area contributed by atoms with E-state index in [9.17, 15) is 9.90 Å². The Morgan fingerprint density at radius 3 is 3.00 bits per heavy atom. The molecule has 1 unspecified atom stereocenters. The van der Waals surface area contributed by atoms with Crippen LogP contribution in [0.25, 0.3) is 0 Å². The minimum atomic E-state index is 0.0942. The Labute approximate surface area is 129 Å². The monoisotopic (exact) mass is 309 g/mol. The highest BCUT2D eigenvalue weighted by atomic mass is 32.1. The maximum absolute atomic E-state index is 11.8. The highest BCUT2D eigenvalue weighted by Gasteiger charge is 2.33. The maximum atomic E-state index is 11.8. The quantitative estimate of drug-likeness (QED) is 0.902. The fraction of sp³-hybridized carbons (Fsp3) is 0.733. The number of thiazole rings is 1. The Bertz CT molecular complexity index is 501. The number of hydrogen-bond donors (Lipinski definition) is 1. The Balaban J connectivity index is 1.63. The minimum absolute atomic E-state index is 0.0942. The number of aliphatic hydroxyl groups is 1. The summed E-state index contributed by atoms with van der Waals surface area (Å²) in [6.45, 7) is 4.74. The first-order chi connectivity index (χ1) is 10.2. The Kier molecular flexibility index (Phi) is 4.57. The fourth-order valence-electron chi connectivity index (χ4n) is 3.03. The number of hydrogen-bond acceptors (Lipinski definition) is 5. The van der Waals surface area contributed by atoms with Gasteiger partial charge in [-0.15, -0.1) is 11.3 Å². The molecule has 1 saturated carbocycles. The van der Waals surface area contributed by atoms with Crippen molar-refractivity contribution in [1.82, 2.24) is 9.88 Å². The molecular formula is C15H23N3O2S. The lowest BCUT2D eigenvalue weighted by Gasteiger charge is -2.31. The van der Waals surface area contributed by atoms with E-state index in [1.807, 2.05) is 4.90 Å². The second kappa shape index (κ2) is 6.42. The van der Waals surface area contributed by atoms with Crippen LogP contribution in [0.3, 0.4) is 0 Å². The van der Waals surface area contributed by atoms with Gasteiger partial charge in [-0.2, -0.15) is 0 Å². The second-order valence-electron chi connectivity index (χ2n) is 6.17. The zero-order valence-electron chi connectivity index (χ0n) is 12.5. The number of likely N-dealkylation sites (tertiary alicyclic amines) is 1. The van der Waals surface area contributed by atoms with E-state index in [2.05, 4.69) is 15.3 Å². The molecule has 1 N–H and O–H groups in total. The van der Waals surface area contributed by atoms with Gasteiger partial charge in [0.15, 0.2) is 5.13 Å². The van der Waals surface area contributed by atoms with Crippen molar-refractivity contribution in [3.05, 3.63) is 11.1 Å². The number of anilines is 1. The molecule has 0 radical (unpaired) electrons. The van der Waals surface area contributed by atoms with E-state index in [-0.39, 0.29) is 12.5 Å². The first-order valence-electron chi connectivity index (χ1n) is 7.74. The molecule has 5 nitrogen and oxygen atoms in total. The van der Waals surface area contributed by atoms with Gasteiger partial charge in [-0.3, -0.25) is 14.6 Å². The van der Waals surface area contributed by atoms with Gasteiger partial charge in [0.05, 0.1) is 5.69 Å². The Morgan fingerprint density at radius 1 is 1.52 bits per heavy atom. The van der Waals surface area contributed by atoms with E-state index < -0.39 is 0 Å². The van der Waals surface area contributed by atoms with Crippen LogP contribution in [-0.2, 0) is 11.3 Å². The summed E-state index contributed by atoms with van der Waals surface area (Å²) in [4.78, 5) is 20.6. The van der Waals surface area contributed by atoms with Gasteiger partial charge in [0.1, 0.15) is 0 Å². The van der Waals surface area contributed by atoms with Crippen molar-refractivity contribution in [2.75, 3.05) is 24.6 Å². The van der Waals surface area contributed by atoms with Crippen LogP contribution in [0.1, 0.15) is 38.3 Å². The third-order valence-corrected chi connectivity index (χ3v) is 5.13. The van der Waals surface area contributed by atoms with E-state index in [0.29, 0.717) is 12.0 Å². The molecular weight excluding hydrogens is 286 g/mol. The van der Waals surface area contributed by atoms with Crippen LogP contribution in [0.4, 0.5) is 5.13 Å². The molecule has 0 bridgehead atoms. The van der Waals surface area contributed by atoms with Crippen molar-refractivity contribution < 1.29 is 9.90 Å². The summed E-state index contributed by atoms with van der Waals surface area (Å²) >= 11 is 1.57. The molecule has 2 fully saturated rings. The molecule has 1 amide bonds. The zero-order chi connectivity index (χ0) is 14.8. The third kappa shape index (κ3) is 3.62. The predicted octanol–water partition coefficient (Wildman–Crippen LogP) is 1.86. The van der Waals surface area contributed by atoms with Gasteiger partial charge in [0, 0.05) is 38.0 Å². The number of piperidine rings is 1. The maximum Gasteiger partial charge on any atom is 0.225 e. The number of rotatable bonds is 5. The molecule has 21 heavy (non-hydrogen) atoms. The first kappa shape index (κ1) is 14.9. The van der Waals surface area contributed by atoms with Crippen LogP contribution in [0.2, 0.25) is 0 Å². The highest BCUT2D eigenvalue weighted by Crippen LogP contribution is 2.33. The van der Waals surface area contributed by atoms with Crippen molar-refractivity contribution in [3.63, 3.8) is 0 Å². The number of aliphatic hydroxyl groups excluding tert-OH is 1. The van der Waals surface area contributed by atoms with E-state index in [4.69, 9.17) is 0 Å². The van der Waals surface area contributed by atoms with Gasteiger partial charge in [-0.25, -0.2) is 4.98 Å². The molecule has 1 aromatic heterocycles. The van der Waals surface area contributed by atoms with Gasteiger partial charge >= 0.3 is 0 Å². The van der Waals surface area contributed by atoms with Gasteiger partial charge in [-0.1, -0.05) is 0 Å². The molecule has 6 heteroatoms. The minimum Gasteiger partial charge on any atom is -0.396 e. The third-order valence-electron chi connectivity index (χ3n) is 4.24. The van der Waals surface area contributed by atoms with E-state index in [0.717, 1.165) is 56.1 Å². The summed E-state index contributed by atoms with van der Waals surface area (Å²) in [6.07, 6.45) is 4.45. The molecule has 0 spiro atoms. The van der Waals surface area contributed by atoms with Crippen LogP contribution < -0.4 is 4.90 Å². The molecule has 1 aromatic rings. The normalized spacial score (nSPS) is 23.2. The number of carbonyl (C=O) groups excluding carboxylic acids is 1. The van der Waals surface area contributed by atoms with Gasteiger partial charge in [-0.05, 0) is 38.1 Å². The SMILES string of the molecule is CC(=O)N(c1nc(CN2CCCC(CO)C2)cs1)C1CC1. The molecule has 2 aliphatic rings. The lowest BCUT2D eigenvalue weighted by molar-refractivity contribution is -0.116. The van der Waals surface area contributed by atoms with Crippen LogP contribution in [-0.4, -0.2) is 46.6 Å². The van der Waals surface area contributed by atoms with Gasteiger partial charge in [0.2, 0.25) is 5.91 Å². The average molecular weight is 309 g/mol. The number of nitrogens with zero attached hydrogens (tertiary/aromatic N) is 3. The van der Waals surface area contributed by atoms with E-state index >= 15 is 0 Å². The lowest BCUT2D eigenvalue weighted by atomic mass is 9.99. The summed E-state index contributed by atoms with van der Waals surface area (Å²) in [5.41, 5.74) is 1.04. The highest BCUT2D eigenvalue weighted by molar-refractivity contribution is 7.14. The Morgan fingerprint density at radius 2 is 2.33 bits per heavy atom. The fourth-order valence-corrected chi connectivity index (χ4v) is 3.96. The van der Waals surface area contributed by atoms with Crippen LogP contribution in [0.15, 0.2) is 5.38 Å². The largest absolute Gasteiger partial charge is 0.396 e. The Hall–Kier alpha value is -0.980. The topological polar surface area (TPSA) is 56.7 Å². The number of aromatic nitrogens is 1. The molecule has 1 aliphatic heterocycles. The summed E-state index contributed by atoms with van der Waals surface area (Å²) in [5.74, 6) is 0.494. The van der Waals surface area contributed by atoms with Crippen LogP contribution in [0, 0.1) is 5.92 Å². The molecule has 116 valence electrons. The van der Waals surface area contributed by atoms with Crippen molar-refractivity contribution in [3.8, 4) is 0 Å². The van der Waals surface area contributed by atoms with E-state index in [1.54, 1.807) is 18.3 Å². The van der Waals surface area contributed by atoms with Gasteiger partial charge < -0.3 is 5.11 Å². The molecule has 2 heterocycles. The molecule has 0 aromatic carbocycles. The summed E-state index contributed by atoms with van der Waals surface area (Å²) in [6, 6.07) is 0.371. The average Bonchev–Trinajstić information content (AvgIpc) is 3.19. The summed E-state index contributed by atoms with van der Waals surface area (Å²) in [5, 5.41) is 12.2. The molecule has 3 rings (SSSR count). The number of carbonyl (C=O) groups is 1. The predicted molar refractivity (Wildman–Crippen MR) is 83.4 cm³/mol. The summed E-state index contributed by atoms with van der Waals surface area (Å²) < 4.78 is 0. The molecule has 1 saturated heterocycles. The lowest BCUT2D eigenvalue weighted by Crippen LogP contribution is -2.36. The van der Waals surface area contributed by atoms with E-state index in [1.165, 1.54) is 0 Å². The van der Waals surface area contributed by atoms with Gasteiger partial charge in [0.25, 0.3) is 0 Å². The zero-order valence-corrected chi connectivity index (χ0v) is 13.3. The van der Waals surface area contributed by atoms with Crippen molar-refractivity contribution in [1.29, 1.82) is 0 Å². The number of amides is 1. The summed E-state index contributed by atoms with van der Waals surface area (Å²) in [7, 11) is 0. The van der Waals surface area contributed by atoms with Crippen molar-refractivity contribution in [2.45, 2.75) is 45.2 Å². The standard InChI is InChI=1S/C15H23N3O2S/c1-11(20)18(14-4-5-14)15-16-13(10-21-15)8-17-6-2-3-12(7-17)9-19/h10,12,14,19H,2-9H2,1H3. The molecule has 1 aliphatic carbocycles. The van der Waals surface area contributed by atoms with Crippen LogP contribution >= 0.6 is 11.3 Å². The smallest absolute Gasteiger partial charge is 0.225 e. The second-order valence-corrected chi connectivity index (χ2v) is 7.00. The van der Waals surface area contributed by atoms with Crippen molar-refractivity contribution in [2.24, 2.45) is 5.92 Å². The first-order valence-corrected chi connectivity index (χ1v) is 8.62. The van der Waals surface area contributed by atoms with Crippen molar-refractivity contribution >= 4 is 22.4 Å². The molecule has 1 atom stereocenters. The van der Waals surface area contributed by atoms with Crippen LogP contribution in [0.5, 0.6) is 0 Å².